The highest BCUT2D eigenvalue weighted by atomic mass is 35.5. The van der Waals surface area contributed by atoms with Gasteiger partial charge in [-0.15, -0.1) is 0 Å². The molecule has 1 aromatic heterocycles. The number of aromatic nitrogens is 2. The average molecular weight is 464 g/mol. The first-order valence-electron chi connectivity index (χ1n) is 9.48. The molecule has 0 atom stereocenters. The Kier molecular flexibility index (Phi) is 7.32. The Labute approximate surface area is 185 Å². The average Bonchev–Trinajstić information content (AvgIpc) is 2.76. The van der Waals surface area contributed by atoms with Crippen LogP contribution in [0.3, 0.4) is 0 Å². The Bertz CT molecular complexity index is 1210. The van der Waals surface area contributed by atoms with Crippen LogP contribution < -0.4 is 19.8 Å². The summed E-state index contributed by atoms with van der Waals surface area (Å²) in [4.78, 5) is 12.1. The summed E-state index contributed by atoms with van der Waals surface area (Å²) >= 11 is 5.92. The minimum atomic E-state index is -3.90. The fourth-order valence-electron chi connectivity index (χ4n) is 2.88. The van der Waals surface area contributed by atoms with Crippen molar-refractivity contribution in [1.29, 1.82) is 0 Å². The van der Waals surface area contributed by atoms with E-state index in [0.717, 1.165) is 11.3 Å². The van der Waals surface area contributed by atoms with Gasteiger partial charge in [0.25, 0.3) is 5.56 Å². The van der Waals surface area contributed by atoms with Crippen molar-refractivity contribution in [2.45, 2.75) is 18.4 Å². The first-order chi connectivity index (χ1) is 14.8. The minimum absolute atomic E-state index is 0.0440. The van der Waals surface area contributed by atoms with E-state index in [-0.39, 0.29) is 34.3 Å². The highest BCUT2D eigenvalue weighted by Crippen LogP contribution is 2.26. The molecule has 0 amide bonds. The van der Waals surface area contributed by atoms with Gasteiger partial charge in [0.2, 0.25) is 10.0 Å². The van der Waals surface area contributed by atoms with E-state index in [9.17, 15) is 13.2 Å². The topological polar surface area (TPSA) is 99.5 Å². The zero-order chi connectivity index (χ0) is 22.4. The lowest BCUT2D eigenvalue weighted by Gasteiger charge is -2.12. The number of rotatable bonds is 9. The quantitative estimate of drug-likeness (QED) is 0.523. The van der Waals surface area contributed by atoms with Crippen LogP contribution in [0, 0.1) is 0 Å². The maximum Gasteiger partial charge on any atom is 0.266 e. The largest absolute Gasteiger partial charge is 0.495 e. The number of methoxy groups -OCH3 is 1. The molecule has 0 aliphatic heterocycles. The SMILES string of the molecule is CCOc1ccc(-c2ccc(=O)n(CCNS(=O)(=O)c3cc(Cl)ccc3OC)n2)cc1. The Morgan fingerprint density at radius 2 is 1.84 bits per heavy atom. The van der Waals surface area contributed by atoms with E-state index < -0.39 is 10.0 Å². The molecule has 3 rings (SSSR count). The number of sulfonamides is 1. The van der Waals surface area contributed by atoms with Crippen molar-refractivity contribution in [2.75, 3.05) is 20.3 Å². The van der Waals surface area contributed by atoms with Crippen molar-refractivity contribution in [3.05, 3.63) is 70.0 Å². The molecule has 10 heteroatoms. The molecule has 0 fully saturated rings. The lowest BCUT2D eigenvalue weighted by atomic mass is 10.1. The number of hydrogen-bond donors (Lipinski definition) is 1. The lowest BCUT2D eigenvalue weighted by Crippen LogP contribution is -2.32. The third kappa shape index (κ3) is 5.63. The summed E-state index contributed by atoms with van der Waals surface area (Å²) in [6.07, 6.45) is 0. The van der Waals surface area contributed by atoms with Crippen LogP contribution in [-0.2, 0) is 16.6 Å². The molecule has 2 aromatic carbocycles. The van der Waals surface area contributed by atoms with Gasteiger partial charge in [-0.3, -0.25) is 4.79 Å². The number of nitrogens with zero attached hydrogens (tertiary/aromatic N) is 2. The zero-order valence-corrected chi connectivity index (χ0v) is 18.6. The van der Waals surface area contributed by atoms with Crippen molar-refractivity contribution in [3.8, 4) is 22.8 Å². The number of benzene rings is 2. The molecule has 31 heavy (non-hydrogen) atoms. The van der Waals surface area contributed by atoms with E-state index in [1.807, 2.05) is 31.2 Å². The van der Waals surface area contributed by atoms with Gasteiger partial charge in [-0.1, -0.05) is 11.6 Å². The summed E-state index contributed by atoms with van der Waals surface area (Å²) in [6, 6.07) is 14.7. The summed E-state index contributed by atoms with van der Waals surface area (Å²) in [5, 5.41) is 4.61. The molecule has 0 saturated heterocycles. The number of nitrogens with one attached hydrogen (secondary N) is 1. The smallest absolute Gasteiger partial charge is 0.266 e. The lowest BCUT2D eigenvalue weighted by molar-refractivity contribution is 0.340. The molecule has 164 valence electrons. The molecular weight excluding hydrogens is 442 g/mol. The molecule has 1 heterocycles. The van der Waals surface area contributed by atoms with Crippen LogP contribution >= 0.6 is 11.6 Å². The fourth-order valence-corrected chi connectivity index (χ4v) is 4.33. The van der Waals surface area contributed by atoms with Gasteiger partial charge in [-0.05, 0) is 55.5 Å². The maximum absolute atomic E-state index is 12.6. The molecule has 3 aromatic rings. The molecule has 0 aliphatic rings. The highest BCUT2D eigenvalue weighted by molar-refractivity contribution is 7.89. The second-order valence-corrected chi connectivity index (χ2v) is 8.60. The van der Waals surface area contributed by atoms with E-state index in [2.05, 4.69) is 9.82 Å². The normalized spacial score (nSPS) is 11.3. The number of hydrogen-bond acceptors (Lipinski definition) is 6. The maximum atomic E-state index is 12.6. The Balaban J connectivity index is 1.74. The third-order valence-corrected chi connectivity index (χ3v) is 6.08. The molecule has 0 radical (unpaired) electrons. The third-order valence-electron chi connectivity index (χ3n) is 4.36. The van der Waals surface area contributed by atoms with Crippen LogP contribution in [0.5, 0.6) is 11.5 Å². The van der Waals surface area contributed by atoms with Gasteiger partial charge < -0.3 is 9.47 Å². The summed E-state index contributed by atoms with van der Waals surface area (Å²) in [7, 11) is -2.52. The second-order valence-electron chi connectivity index (χ2n) is 6.43. The molecule has 0 saturated carbocycles. The summed E-state index contributed by atoms with van der Waals surface area (Å²) in [6.45, 7) is 2.48. The van der Waals surface area contributed by atoms with Crippen LogP contribution in [-0.4, -0.2) is 38.5 Å². The Morgan fingerprint density at radius 3 is 2.52 bits per heavy atom. The Morgan fingerprint density at radius 1 is 1.10 bits per heavy atom. The fraction of sp³-hybridized carbons (Fsp3) is 0.238. The second kappa shape index (κ2) is 9.95. The molecular formula is C21H22ClN3O5S. The van der Waals surface area contributed by atoms with E-state index in [1.54, 1.807) is 6.07 Å². The number of ether oxygens (including phenoxy) is 2. The predicted octanol–water partition coefficient (Wildman–Crippen LogP) is 2.95. The molecule has 0 spiro atoms. The van der Waals surface area contributed by atoms with Crippen LogP contribution in [0.2, 0.25) is 5.02 Å². The van der Waals surface area contributed by atoms with E-state index >= 15 is 0 Å². The molecule has 0 unspecified atom stereocenters. The van der Waals surface area contributed by atoms with Gasteiger partial charge in [0.15, 0.2) is 0 Å². The van der Waals surface area contributed by atoms with E-state index in [1.165, 1.54) is 36.1 Å². The molecule has 1 N–H and O–H groups in total. The predicted molar refractivity (Wildman–Crippen MR) is 118 cm³/mol. The van der Waals surface area contributed by atoms with Gasteiger partial charge in [0.05, 0.1) is 26.0 Å². The summed E-state index contributed by atoms with van der Waals surface area (Å²) in [5.41, 5.74) is 1.05. The Hall–Kier alpha value is -2.88. The summed E-state index contributed by atoms with van der Waals surface area (Å²) in [5.74, 6) is 0.912. The monoisotopic (exact) mass is 463 g/mol. The van der Waals surface area contributed by atoms with Crippen molar-refractivity contribution < 1.29 is 17.9 Å². The van der Waals surface area contributed by atoms with E-state index in [4.69, 9.17) is 21.1 Å². The highest BCUT2D eigenvalue weighted by Gasteiger charge is 2.19. The van der Waals surface area contributed by atoms with Crippen LogP contribution in [0.25, 0.3) is 11.3 Å². The first kappa shape index (κ1) is 22.8. The molecule has 8 nitrogen and oxygen atoms in total. The number of halogens is 1. The standard InChI is InChI=1S/C21H22ClN3O5S/c1-3-30-17-7-4-15(5-8-17)18-9-11-21(26)25(24-18)13-12-23-31(27,28)20-14-16(22)6-10-19(20)29-2/h4-11,14,23H,3,12-13H2,1-2H3. The van der Waals surface area contributed by atoms with Crippen LogP contribution in [0.4, 0.5) is 0 Å². The van der Waals surface area contributed by atoms with E-state index in [0.29, 0.717) is 12.3 Å². The van der Waals surface area contributed by atoms with Crippen molar-refractivity contribution in [3.63, 3.8) is 0 Å². The van der Waals surface area contributed by atoms with Crippen molar-refractivity contribution in [1.82, 2.24) is 14.5 Å². The van der Waals surface area contributed by atoms with Gasteiger partial charge in [-0.2, -0.15) is 5.10 Å². The first-order valence-corrected chi connectivity index (χ1v) is 11.3. The minimum Gasteiger partial charge on any atom is -0.495 e. The molecule has 0 aliphatic carbocycles. The van der Waals surface area contributed by atoms with Gasteiger partial charge in [0, 0.05) is 23.2 Å². The van der Waals surface area contributed by atoms with Crippen LogP contribution in [0.15, 0.2) is 64.3 Å². The van der Waals surface area contributed by atoms with Gasteiger partial charge >= 0.3 is 0 Å². The van der Waals surface area contributed by atoms with Crippen molar-refractivity contribution >= 4 is 21.6 Å². The summed E-state index contributed by atoms with van der Waals surface area (Å²) < 4.78 is 39.5. The van der Waals surface area contributed by atoms with Crippen LogP contribution in [0.1, 0.15) is 6.92 Å². The van der Waals surface area contributed by atoms with Crippen molar-refractivity contribution in [2.24, 2.45) is 0 Å². The molecule has 0 bridgehead atoms. The van der Waals surface area contributed by atoms with Gasteiger partial charge in [0.1, 0.15) is 16.4 Å². The van der Waals surface area contributed by atoms with Gasteiger partial charge in [-0.25, -0.2) is 17.8 Å². The zero-order valence-electron chi connectivity index (χ0n) is 17.0.